The standard InChI is InChI=1S/C12H16N2O3/c1-9-6-11(14(15)16)2-3-12(9)17-8-10-4-5-13-7-10/h2-3,6,10,13H,4-5,7-8H2,1H3. The average Bonchev–Trinajstić information content (AvgIpc) is 2.80. The van der Waals surface area contributed by atoms with Gasteiger partial charge >= 0.3 is 0 Å². The van der Waals surface area contributed by atoms with Crippen LogP contribution in [0.15, 0.2) is 18.2 Å². The number of nitrogens with zero attached hydrogens (tertiary/aromatic N) is 1. The second-order valence-electron chi connectivity index (χ2n) is 4.38. The molecule has 0 saturated carbocycles. The van der Waals surface area contributed by atoms with Crippen LogP contribution in [0.2, 0.25) is 0 Å². The quantitative estimate of drug-likeness (QED) is 0.640. The highest BCUT2D eigenvalue weighted by atomic mass is 16.6. The van der Waals surface area contributed by atoms with Crippen LogP contribution in [0, 0.1) is 23.0 Å². The summed E-state index contributed by atoms with van der Waals surface area (Å²) in [5, 5.41) is 13.9. The maximum Gasteiger partial charge on any atom is 0.269 e. The molecule has 1 heterocycles. The van der Waals surface area contributed by atoms with E-state index < -0.39 is 4.92 Å². The number of hydrogen-bond acceptors (Lipinski definition) is 4. The molecule has 0 amide bonds. The van der Waals surface area contributed by atoms with Crippen LogP contribution in [0.25, 0.3) is 0 Å². The van der Waals surface area contributed by atoms with Gasteiger partial charge in [0.05, 0.1) is 11.5 Å². The fourth-order valence-electron chi connectivity index (χ4n) is 1.97. The van der Waals surface area contributed by atoms with Crippen molar-refractivity contribution in [2.75, 3.05) is 19.7 Å². The van der Waals surface area contributed by atoms with Crippen LogP contribution in [-0.2, 0) is 0 Å². The number of hydrogen-bond donors (Lipinski definition) is 1. The fourth-order valence-corrected chi connectivity index (χ4v) is 1.97. The highest BCUT2D eigenvalue weighted by molar-refractivity contribution is 5.42. The van der Waals surface area contributed by atoms with E-state index in [0.29, 0.717) is 12.5 Å². The Labute approximate surface area is 99.9 Å². The first kappa shape index (κ1) is 11.9. The average molecular weight is 236 g/mol. The first-order valence-corrected chi connectivity index (χ1v) is 5.75. The van der Waals surface area contributed by atoms with Gasteiger partial charge in [0.2, 0.25) is 0 Å². The molecule has 1 atom stereocenters. The van der Waals surface area contributed by atoms with E-state index in [0.717, 1.165) is 30.8 Å². The van der Waals surface area contributed by atoms with E-state index in [9.17, 15) is 10.1 Å². The molecule has 1 aromatic rings. The molecule has 1 aliphatic rings. The van der Waals surface area contributed by atoms with Crippen molar-refractivity contribution in [3.63, 3.8) is 0 Å². The van der Waals surface area contributed by atoms with E-state index in [1.54, 1.807) is 12.1 Å². The van der Waals surface area contributed by atoms with Crippen molar-refractivity contribution in [1.82, 2.24) is 5.32 Å². The first-order valence-electron chi connectivity index (χ1n) is 5.75. The molecule has 1 saturated heterocycles. The van der Waals surface area contributed by atoms with Crippen molar-refractivity contribution in [1.29, 1.82) is 0 Å². The molecular weight excluding hydrogens is 220 g/mol. The van der Waals surface area contributed by atoms with Crippen molar-refractivity contribution >= 4 is 5.69 Å². The lowest BCUT2D eigenvalue weighted by Crippen LogP contribution is -2.15. The van der Waals surface area contributed by atoms with Crippen LogP contribution in [0.4, 0.5) is 5.69 Å². The number of nitro benzene ring substituents is 1. The smallest absolute Gasteiger partial charge is 0.269 e. The van der Waals surface area contributed by atoms with E-state index in [4.69, 9.17) is 4.74 Å². The predicted molar refractivity (Wildman–Crippen MR) is 64.3 cm³/mol. The van der Waals surface area contributed by atoms with E-state index in [2.05, 4.69) is 5.32 Å². The molecule has 1 fully saturated rings. The summed E-state index contributed by atoms with van der Waals surface area (Å²) in [5.41, 5.74) is 0.919. The van der Waals surface area contributed by atoms with Crippen LogP contribution in [0.3, 0.4) is 0 Å². The Bertz CT molecular complexity index is 414. The molecule has 0 bridgehead atoms. The van der Waals surface area contributed by atoms with Gasteiger partial charge in [0, 0.05) is 24.6 Å². The number of nitrogens with one attached hydrogen (secondary N) is 1. The predicted octanol–water partition coefficient (Wildman–Crippen LogP) is 1.89. The van der Waals surface area contributed by atoms with Gasteiger partial charge in [-0.1, -0.05) is 0 Å². The van der Waals surface area contributed by atoms with Crippen molar-refractivity contribution < 1.29 is 9.66 Å². The van der Waals surface area contributed by atoms with Gasteiger partial charge in [-0.2, -0.15) is 0 Å². The minimum Gasteiger partial charge on any atom is -0.493 e. The van der Waals surface area contributed by atoms with Crippen LogP contribution >= 0.6 is 0 Å². The maximum atomic E-state index is 10.6. The minimum absolute atomic E-state index is 0.109. The van der Waals surface area contributed by atoms with Crippen molar-refractivity contribution in [2.24, 2.45) is 5.92 Å². The first-order chi connectivity index (χ1) is 8.16. The van der Waals surface area contributed by atoms with Crippen molar-refractivity contribution in [3.8, 4) is 5.75 Å². The zero-order valence-corrected chi connectivity index (χ0v) is 9.81. The molecule has 0 aliphatic carbocycles. The lowest BCUT2D eigenvalue weighted by molar-refractivity contribution is -0.384. The molecule has 5 nitrogen and oxygen atoms in total. The Hall–Kier alpha value is -1.62. The molecule has 1 N–H and O–H groups in total. The van der Waals surface area contributed by atoms with Gasteiger partial charge in [-0.25, -0.2) is 0 Å². The van der Waals surface area contributed by atoms with Gasteiger partial charge < -0.3 is 10.1 Å². The molecule has 92 valence electrons. The third-order valence-electron chi connectivity index (χ3n) is 3.01. The lowest BCUT2D eigenvalue weighted by atomic mass is 10.1. The molecule has 0 aromatic heterocycles. The second kappa shape index (κ2) is 5.14. The molecule has 2 rings (SSSR count). The number of ether oxygens (including phenoxy) is 1. The van der Waals surface area contributed by atoms with Crippen molar-refractivity contribution in [2.45, 2.75) is 13.3 Å². The Morgan fingerprint density at radius 3 is 3.00 bits per heavy atom. The number of rotatable bonds is 4. The SMILES string of the molecule is Cc1cc([N+](=O)[O-])ccc1OCC1CCNC1. The minimum atomic E-state index is -0.391. The summed E-state index contributed by atoms with van der Waals surface area (Å²) < 4.78 is 5.69. The lowest BCUT2D eigenvalue weighted by Gasteiger charge is -2.12. The van der Waals surface area contributed by atoms with Gasteiger partial charge in [0.15, 0.2) is 0 Å². The van der Waals surface area contributed by atoms with E-state index in [1.807, 2.05) is 6.92 Å². The zero-order chi connectivity index (χ0) is 12.3. The summed E-state index contributed by atoms with van der Waals surface area (Å²) in [7, 11) is 0. The molecule has 1 aromatic carbocycles. The maximum absolute atomic E-state index is 10.6. The Morgan fingerprint density at radius 2 is 2.41 bits per heavy atom. The topological polar surface area (TPSA) is 64.4 Å². The molecule has 0 spiro atoms. The van der Waals surface area contributed by atoms with E-state index >= 15 is 0 Å². The molecule has 1 aliphatic heterocycles. The van der Waals surface area contributed by atoms with Gasteiger partial charge in [-0.3, -0.25) is 10.1 Å². The molecule has 17 heavy (non-hydrogen) atoms. The zero-order valence-electron chi connectivity index (χ0n) is 9.81. The number of non-ortho nitro benzene ring substituents is 1. The van der Waals surface area contributed by atoms with Crippen molar-refractivity contribution in [3.05, 3.63) is 33.9 Å². The fraction of sp³-hybridized carbons (Fsp3) is 0.500. The summed E-state index contributed by atoms with van der Waals surface area (Å²) in [6, 6.07) is 4.70. The molecule has 5 heteroatoms. The summed E-state index contributed by atoms with van der Waals surface area (Å²) in [6.45, 7) is 4.54. The second-order valence-corrected chi connectivity index (χ2v) is 4.38. The van der Waals surface area contributed by atoms with Gasteiger partial charge in [-0.15, -0.1) is 0 Å². The van der Waals surface area contributed by atoms with Gasteiger partial charge in [0.1, 0.15) is 5.75 Å². The van der Waals surface area contributed by atoms with Crippen LogP contribution in [0.1, 0.15) is 12.0 Å². The molecule has 1 unspecified atom stereocenters. The van der Waals surface area contributed by atoms with Crippen LogP contribution < -0.4 is 10.1 Å². The van der Waals surface area contributed by atoms with Gasteiger partial charge in [0.25, 0.3) is 5.69 Å². The summed E-state index contributed by atoms with van der Waals surface area (Å²) in [6.07, 6.45) is 1.13. The number of aryl methyl sites for hydroxylation is 1. The normalized spacial score (nSPS) is 19.2. The monoisotopic (exact) mass is 236 g/mol. The molecule has 0 radical (unpaired) electrons. The third kappa shape index (κ3) is 2.94. The van der Waals surface area contributed by atoms with Crippen LogP contribution in [0.5, 0.6) is 5.75 Å². The number of benzene rings is 1. The summed E-state index contributed by atoms with van der Waals surface area (Å²) >= 11 is 0. The Morgan fingerprint density at radius 1 is 1.59 bits per heavy atom. The third-order valence-corrected chi connectivity index (χ3v) is 3.01. The van der Waals surface area contributed by atoms with E-state index in [-0.39, 0.29) is 5.69 Å². The summed E-state index contributed by atoms with van der Waals surface area (Å²) in [5.74, 6) is 1.28. The van der Waals surface area contributed by atoms with Gasteiger partial charge in [-0.05, 0) is 31.5 Å². The highest BCUT2D eigenvalue weighted by Crippen LogP contribution is 2.24. The Kier molecular flexibility index (Phi) is 3.58. The number of nitro groups is 1. The van der Waals surface area contributed by atoms with E-state index in [1.165, 1.54) is 6.07 Å². The summed E-state index contributed by atoms with van der Waals surface area (Å²) in [4.78, 5) is 10.2. The van der Waals surface area contributed by atoms with Crippen LogP contribution in [-0.4, -0.2) is 24.6 Å². The highest BCUT2D eigenvalue weighted by Gasteiger charge is 2.16. The largest absolute Gasteiger partial charge is 0.493 e. The Balaban J connectivity index is 1.98. The molecular formula is C12H16N2O3.